The molecule has 5 heteroatoms. The highest BCUT2D eigenvalue weighted by atomic mass is 16.5. The summed E-state index contributed by atoms with van der Waals surface area (Å²) in [5.74, 6) is 3.21. The van der Waals surface area contributed by atoms with Crippen molar-refractivity contribution in [3.8, 4) is 17.3 Å². The van der Waals surface area contributed by atoms with E-state index in [1.807, 2.05) is 42.5 Å². The minimum absolute atomic E-state index is 0.0952. The van der Waals surface area contributed by atoms with Crippen LogP contribution >= 0.6 is 0 Å². The van der Waals surface area contributed by atoms with Crippen LogP contribution in [0.2, 0.25) is 0 Å². The molecule has 2 saturated carbocycles. The Labute approximate surface area is 252 Å². The molecule has 0 amide bonds. The van der Waals surface area contributed by atoms with Gasteiger partial charge < -0.3 is 14.5 Å². The molecule has 42 heavy (non-hydrogen) atoms. The average molecular weight is 554 g/mol. The Balaban J connectivity index is 1.08. The van der Waals surface area contributed by atoms with Gasteiger partial charge in [0, 0.05) is 40.5 Å². The molecule has 2 aromatic heterocycles. The molecule has 1 aliphatic heterocycles. The summed E-state index contributed by atoms with van der Waals surface area (Å²) in [6, 6.07) is 27.7. The van der Waals surface area contributed by atoms with Crippen molar-refractivity contribution in [1.82, 2.24) is 9.55 Å². The van der Waals surface area contributed by atoms with Crippen LogP contribution < -0.4 is 14.5 Å². The Morgan fingerprint density at radius 2 is 1.45 bits per heavy atom. The number of hydrogen-bond acceptors (Lipinski definition) is 4. The van der Waals surface area contributed by atoms with Crippen LogP contribution in [-0.2, 0) is 0 Å². The second-order valence-electron chi connectivity index (χ2n) is 11.7. The molecule has 0 radical (unpaired) electrons. The fourth-order valence-corrected chi connectivity index (χ4v) is 7.93. The van der Waals surface area contributed by atoms with E-state index in [-0.39, 0.29) is 42.3 Å². The van der Waals surface area contributed by atoms with E-state index in [9.17, 15) is 0 Å². The Hall–Kier alpha value is -4.77. The smallest absolute Gasteiger partial charge is 0.137 e. The zero-order valence-corrected chi connectivity index (χ0v) is 23.0. The maximum atomic E-state index is 8.72. The third kappa shape index (κ3) is 3.66. The minimum atomic E-state index is -0.354. The lowest BCUT2D eigenvalue weighted by Gasteiger charge is -2.33. The normalized spacial score (nSPS) is 24.4. The second-order valence-corrected chi connectivity index (χ2v) is 11.7. The lowest BCUT2D eigenvalue weighted by atomic mass is 9.90. The first-order valence-electron chi connectivity index (χ1n) is 17.2. The van der Waals surface area contributed by atoms with E-state index in [1.165, 1.54) is 0 Å². The lowest BCUT2D eigenvalue weighted by Crippen LogP contribution is -2.42. The van der Waals surface area contributed by atoms with Crippen molar-refractivity contribution in [3.63, 3.8) is 0 Å². The van der Waals surface area contributed by atoms with Gasteiger partial charge in [-0.2, -0.15) is 0 Å². The van der Waals surface area contributed by atoms with Crippen LogP contribution in [0.15, 0.2) is 121 Å². The molecule has 2 unspecified atom stereocenters. The van der Waals surface area contributed by atoms with Crippen molar-refractivity contribution in [1.29, 1.82) is 0 Å². The van der Waals surface area contributed by atoms with E-state index in [2.05, 4.69) is 61.8 Å². The highest BCUT2D eigenvalue weighted by Gasteiger charge is 2.56. The molecule has 1 saturated heterocycles. The Bertz CT molecular complexity index is 2180. The number of anilines is 2. The summed E-state index contributed by atoms with van der Waals surface area (Å²) < 4.78 is 50.9. The Kier molecular flexibility index (Phi) is 4.33. The van der Waals surface area contributed by atoms with Crippen molar-refractivity contribution in [2.45, 2.75) is 31.3 Å². The average Bonchev–Trinajstić information content (AvgIpc) is 3.88. The maximum Gasteiger partial charge on any atom is 0.137 e. The molecule has 3 heterocycles. The topological polar surface area (TPSA) is 33.5 Å². The lowest BCUT2D eigenvalue weighted by molar-refractivity contribution is 0.389. The highest BCUT2D eigenvalue weighted by Crippen LogP contribution is 2.53. The van der Waals surface area contributed by atoms with Crippen LogP contribution in [0.1, 0.15) is 26.1 Å². The molecule has 0 spiro atoms. The van der Waals surface area contributed by atoms with Crippen LogP contribution in [0.3, 0.4) is 0 Å². The molecule has 9 rings (SSSR count). The number of ether oxygens (including phenoxy) is 1. The van der Waals surface area contributed by atoms with Gasteiger partial charge in [-0.05, 0) is 85.6 Å². The van der Waals surface area contributed by atoms with Crippen molar-refractivity contribution >= 4 is 33.2 Å². The first kappa shape index (κ1) is 19.4. The van der Waals surface area contributed by atoms with Crippen molar-refractivity contribution in [2.24, 2.45) is 11.8 Å². The van der Waals surface area contributed by atoms with Crippen LogP contribution in [0.4, 0.5) is 11.4 Å². The number of fused-ring (bicyclic) bond motifs is 8. The van der Waals surface area contributed by atoms with Gasteiger partial charge in [0.15, 0.2) is 0 Å². The SMILES string of the molecule is [2H]c1c([2H])c([2H])c(N2CN(c3cccc(Oc4ccc5c6ccccc6n(-c6ccccn6)c5c4)c3)[C@@H]3C2C2CC[C@@H]3C2)c([2H])c1[2H]. The van der Waals surface area contributed by atoms with Gasteiger partial charge in [0.05, 0.1) is 36.6 Å². The third-order valence-corrected chi connectivity index (χ3v) is 9.54. The van der Waals surface area contributed by atoms with Gasteiger partial charge >= 0.3 is 0 Å². The fourth-order valence-electron chi connectivity index (χ4n) is 7.93. The van der Waals surface area contributed by atoms with Crippen molar-refractivity contribution < 1.29 is 11.6 Å². The van der Waals surface area contributed by atoms with E-state index >= 15 is 0 Å². The number of aromatic nitrogens is 2. The number of nitrogens with zero attached hydrogens (tertiary/aromatic N) is 4. The van der Waals surface area contributed by atoms with E-state index in [4.69, 9.17) is 11.6 Å². The summed E-state index contributed by atoms with van der Waals surface area (Å²) in [6.45, 7) is 0.454. The summed E-state index contributed by atoms with van der Waals surface area (Å²) in [6.07, 6.45) is 5.16. The monoisotopic (exact) mass is 553 g/mol. The molecule has 206 valence electrons. The third-order valence-electron chi connectivity index (χ3n) is 9.54. The van der Waals surface area contributed by atoms with E-state index in [0.29, 0.717) is 29.9 Å². The minimum Gasteiger partial charge on any atom is -0.457 e. The van der Waals surface area contributed by atoms with Gasteiger partial charge in [-0.1, -0.05) is 48.5 Å². The number of pyridine rings is 1. The van der Waals surface area contributed by atoms with E-state index in [0.717, 1.165) is 58.3 Å². The van der Waals surface area contributed by atoms with Crippen LogP contribution in [0.25, 0.3) is 27.6 Å². The standard InChI is InChI=1S/C37H32N4O/c1-2-9-27(10-3-1)39-24-40(37-26-17-16-25(21-26)36(37)39)28-11-8-12-29(22-28)42-30-18-19-32-31-13-4-5-14-33(31)41(34(32)23-30)35-15-6-7-20-38-35/h1-15,18-20,22-23,25-26,36-37H,16-17,21,24H2/t25?,26-,36?,37+/m1/s1/i1D,2D,3D,9D,10D. The molecular formula is C37H32N4O. The van der Waals surface area contributed by atoms with Gasteiger partial charge in [0.1, 0.15) is 17.3 Å². The summed E-state index contributed by atoms with van der Waals surface area (Å²) in [5.41, 5.74) is 3.41. The van der Waals surface area contributed by atoms with Gasteiger partial charge in [-0.3, -0.25) is 4.57 Å². The molecule has 5 nitrogen and oxygen atoms in total. The Morgan fingerprint density at radius 1 is 0.690 bits per heavy atom. The van der Waals surface area contributed by atoms with Crippen LogP contribution in [-0.4, -0.2) is 28.3 Å². The summed E-state index contributed by atoms with van der Waals surface area (Å²) in [4.78, 5) is 9.10. The number of rotatable bonds is 5. The number of hydrogen-bond donors (Lipinski definition) is 0. The number of benzene rings is 4. The van der Waals surface area contributed by atoms with Crippen LogP contribution in [0.5, 0.6) is 11.5 Å². The molecule has 0 N–H and O–H groups in total. The molecule has 3 aliphatic rings. The van der Waals surface area contributed by atoms with Gasteiger partial charge in [-0.25, -0.2) is 4.98 Å². The van der Waals surface area contributed by atoms with Gasteiger partial charge in [0.2, 0.25) is 0 Å². The molecule has 2 bridgehead atoms. The zero-order chi connectivity index (χ0) is 32.0. The quantitative estimate of drug-likeness (QED) is 0.215. The number of para-hydroxylation sites is 2. The molecular weight excluding hydrogens is 516 g/mol. The molecule has 4 atom stereocenters. The predicted octanol–water partition coefficient (Wildman–Crippen LogP) is 8.42. The van der Waals surface area contributed by atoms with Gasteiger partial charge in [-0.15, -0.1) is 0 Å². The summed E-state index contributed by atoms with van der Waals surface area (Å²) in [5, 5.41) is 2.28. The maximum absolute atomic E-state index is 8.72. The highest BCUT2D eigenvalue weighted by molar-refractivity contribution is 6.09. The van der Waals surface area contributed by atoms with Crippen LogP contribution in [0, 0.1) is 11.8 Å². The summed E-state index contributed by atoms with van der Waals surface area (Å²) >= 11 is 0. The fraction of sp³-hybridized carbons (Fsp3) is 0.216. The molecule has 4 aromatic carbocycles. The van der Waals surface area contributed by atoms with Gasteiger partial charge in [0.25, 0.3) is 0 Å². The van der Waals surface area contributed by atoms with Crippen molar-refractivity contribution in [2.75, 3.05) is 16.5 Å². The largest absolute Gasteiger partial charge is 0.457 e. The van der Waals surface area contributed by atoms with E-state index in [1.54, 1.807) is 6.20 Å². The zero-order valence-electron chi connectivity index (χ0n) is 28.0. The molecule has 6 aromatic rings. The first-order valence-corrected chi connectivity index (χ1v) is 14.7. The second kappa shape index (κ2) is 9.38. The first-order chi connectivity index (χ1) is 22.9. The van der Waals surface area contributed by atoms with E-state index < -0.39 is 0 Å². The predicted molar refractivity (Wildman–Crippen MR) is 170 cm³/mol. The summed E-state index contributed by atoms with van der Waals surface area (Å²) in [7, 11) is 0. The van der Waals surface area contributed by atoms with Crippen molar-refractivity contribution in [3.05, 3.63) is 121 Å². The molecule has 2 aliphatic carbocycles. The molecule has 3 fully saturated rings. The Morgan fingerprint density at radius 3 is 2.29 bits per heavy atom.